The summed E-state index contributed by atoms with van der Waals surface area (Å²) in [6, 6.07) is 2.32. The van der Waals surface area contributed by atoms with Gasteiger partial charge in [0.2, 0.25) is 11.9 Å². The summed E-state index contributed by atoms with van der Waals surface area (Å²) >= 11 is 0. The number of likely N-dealkylation sites (N-methyl/N-ethyl adjacent to an activating group) is 1. The normalized spacial score (nSPS) is 16.0. The Balaban J connectivity index is 1.97. The number of amides is 1. The quantitative estimate of drug-likeness (QED) is 0.823. The van der Waals surface area contributed by atoms with Gasteiger partial charge in [0.05, 0.1) is 0 Å². The highest BCUT2D eigenvalue weighted by molar-refractivity contribution is 5.73. The summed E-state index contributed by atoms with van der Waals surface area (Å²) in [6.07, 6.45) is 1.95. The minimum atomic E-state index is 0.174. The van der Waals surface area contributed by atoms with Gasteiger partial charge < -0.3 is 14.7 Å². The summed E-state index contributed by atoms with van der Waals surface area (Å²) in [5.41, 5.74) is 2.01. The Hall–Kier alpha value is -1.69. The lowest BCUT2D eigenvalue weighted by Crippen LogP contribution is -2.49. The van der Waals surface area contributed by atoms with E-state index in [2.05, 4.69) is 19.8 Å². The molecule has 1 amide bonds. The van der Waals surface area contributed by atoms with Crippen molar-refractivity contribution in [2.45, 2.75) is 39.7 Å². The Labute approximate surface area is 139 Å². The van der Waals surface area contributed by atoms with Crippen molar-refractivity contribution in [2.75, 3.05) is 45.2 Å². The molecular formula is C17H29N5O. The minimum Gasteiger partial charge on any atom is -0.341 e. The van der Waals surface area contributed by atoms with Gasteiger partial charge in [0, 0.05) is 50.5 Å². The lowest BCUT2D eigenvalue weighted by molar-refractivity contribution is -0.131. The summed E-state index contributed by atoms with van der Waals surface area (Å²) in [5, 5.41) is 0. The molecule has 0 aliphatic carbocycles. The van der Waals surface area contributed by atoms with E-state index in [-0.39, 0.29) is 5.91 Å². The first-order valence-corrected chi connectivity index (χ1v) is 8.36. The lowest BCUT2D eigenvalue weighted by atomic mass is 10.0. The largest absolute Gasteiger partial charge is 0.341 e. The van der Waals surface area contributed by atoms with Crippen molar-refractivity contribution in [3.05, 3.63) is 17.5 Å². The third-order valence-electron chi connectivity index (χ3n) is 4.35. The van der Waals surface area contributed by atoms with E-state index < -0.39 is 0 Å². The molecule has 1 aliphatic rings. The Morgan fingerprint density at radius 3 is 2.22 bits per heavy atom. The highest BCUT2D eigenvalue weighted by Gasteiger charge is 2.27. The smallest absolute Gasteiger partial charge is 0.225 e. The van der Waals surface area contributed by atoms with E-state index in [9.17, 15) is 4.79 Å². The van der Waals surface area contributed by atoms with Crippen LogP contribution in [0.1, 0.15) is 31.2 Å². The molecule has 23 heavy (non-hydrogen) atoms. The van der Waals surface area contributed by atoms with Gasteiger partial charge in [0.1, 0.15) is 0 Å². The molecule has 1 aromatic heterocycles. The van der Waals surface area contributed by atoms with Crippen molar-refractivity contribution in [2.24, 2.45) is 0 Å². The number of rotatable bonds is 5. The zero-order valence-electron chi connectivity index (χ0n) is 15.0. The van der Waals surface area contributed by atoms with E-state index in [1.807, 2.05) is 38.9 Å². The molecule has 1 fully saturated rings. The predicted molar refractivity (Wildman–Crippen MR) is 92.7 cm³/mol. The van der Waals surface area contributed by atoms with E-state index in [0.29, 0.717) is 6.04 Å². The van der Waals surface area contributed by atoms with E-state index in [1.165, 1.54) is 0 Å². The fourth-order valence-electron chi connectivity index (χ4n) is 3.13. The van der Waals surface area contributed by atoms with E-state index >= 15 is 0 Å². The lowest BCUT2D eigenvalue weighted by Gasteiger charge is -2.38. The molecule has 6 nitrogen and oxygen atoms in total. The molecule has 0 aromatic carbocycles. The van der Waals surface area contributed by atoms with Gasteiger partial charge in [0.15, 0.2) is 0 Å². The second-order valence-corrected chi connectivity index (χ2v) is 6.68. The summed E-state index contributed by atoms with van der Waals surface area (Å²) in [7, 11) is 4.08. The number of hydrogen-bond acceptors (Lipinski definition) is 5. The number of aryl methyl sites for hydroxylation is 2. The first-order valence-electron chi connectivity index (χ1n) is 8.36. The van der Waals surface area contributed by atoms with Crippen molar-refractivity contribution in [3.8, 4) is 0 Å². The third kappa shape index (κ3) is 4.89. The maximum Gasteiger partial charge on any atom is 0.225 e. The number of anilines is 1. The van der Waals surface area contributed by atoms with Crippen LogP contribution >= 0.6 is 0 Å². The van der Waals surface area contributed by atoms with Gasteiger partial charge in [-0.1, -0.05) is 0 Å². The number of piperidine rings is 1. The number of hydrogen-bond donors (Lipinski definition) is 0. The topological polar surface area (TPSA) is 52.6 Å². The molecule has 1 saturated heterocycles. The van der Waals surface area contributed by atoms with Crippen LogP contribution < -0.4 is 4.90 Å². The van der Waals surface area contributed by atoms with Crippen LogP contribution in [-0.2, 0) is 4.79 Å². The molecule has 0 saturated carbocycles. The molecule has 0 atom stereocenters. The van der Waals surface area contributed by atoms with Gasteiger partial charge in [-0.2, -0.15) is 0 Å². The Morgan fingerprint density at radius 2 is 1.74 bits per heavy atom. The molecule has 6 heteroatoms. The van der Waals surface area contributed by atoms with Crippen LogP contribution in [0.25, 0.3) is 0 Å². The van der Waals surface area contributed by atoms with Gasteiger partial charge in [0.25, 0.3) is 0 Å². The highest BCUT2D eigenvalue weighted by atomic mass is 16.2. The maximum absolute atomic E-state index is 12.0. The van der Waals surface area contributed by atoms with Crippen molar-refractivity contribution < 1.29 is 4.79 Å². The molecule has 0 radical (unpaired) electrons. The molecule has 2 rings (SSSR count). The van der Waals surface area contributed by atoms with E-state index in [0.717, 1.165) is 56.4 Å². The number of nitrogens with zero attached hydrogens (tertiary/aromatic N) is 5. The maximum atomic E-state index is 12.0. The van der Waals surface area contributed by atoms with E-state index in [4.69, 9.17) is 0 Å². The van der Waals surface area contributed by atoms with Gasteiger partial charge in [-0.3, -0.25) is 4.79 Å². The Morgan fingerprint density at radius 1 is 1.17 bits per heavy atom. The first kappa shape index (κ1) is 17.7. The molecule has 0 N–H and O–H groups in total. The fraction of sp³-hybridized carbons (Fsp3) is 0.706. The van der Waals surface area contributed by atoms with E-state index in [1.54, 1.807) is 6.92 Å². The van der Waals surface area contributed by atoms with Crippen LogP contribution in [-0.4, -0.2) is 72.0 Å². The first-order chi connectivity index (χ1) is 10.9. The molecular weight excluding hydrogens is 290 g/mol. The Kier molecular flexibility index (Phi) is 5.93. The summed E-state index contributed by atoms with van der Waals surface area (Å²) in [6.45, 7) is 9.19. The van der Waals surface area contributed by atoms with Crippen LogP contribution in [0.3, 0.4) is 0 Å². The molecule has 1 aromatic rings. The summed E-state index contributed by atoms with van der Waals surface area (Å²) in [5.74, 6) is 0.997. The van der Waals surface area contributed by atoms with Crippen LogP contribution in [0.4, 0.5) is 5.95 Å². The second kappa shape index (κ2) is 7.73. The average Bonchev–Trinajstić information content (AvgIpc) is 2.46. The van der Waals surface area contributed by atoms with Crippen molar-refractivity contribution in [1.29, 1.82) is 0 Å². The van der Waals surface area contributed by atoms with Crippen LogP contribution in [0.5, 0.6) is 0 Å². The molecule has 128 valence electrons. The number of carbonyl (C=O) groups excluding carboxylic acids is 1. The summed E-state index contributed by atoms with van der Waals surface area (Å²) < 4.78 is 0. The average molecular weight is 319 g/mol. The van der Waals surface area contributed by atoms with Crippen LogP contribution in [0.2, 0.25) is 0 Å². The van der Waals surface area contributed by atoms with Crippen molar-refractivity contribution in [3.63, 3.8) is 0 Å². The molecule has 0 spiro atoms. The molecule has 0 bridgehead atoms. The zero-order chi connectivity index (χ0) is 17.0. The molecule has 2 heterocycles. The minimum absolute atomic E-state index is 0.174. The third-order valence-corrected chi connectivity index (χ3v) is 4.35. The van der Waals surface area contributed by atoms with Crippen molar-refractivity contribution in [1.82, 2.24) is 19.8 Å². The number of carbonyl (C=O) groups is 1. The molecule has 1 aliphatic heterocycles. The number of aromatic nitrogens is 2. The predicted octanol–water partition coefficient (Wildman–Crippen LogP) is 1.47. The monoisotopic (exact) mass is 319 g/mol. The fourth-order valence-corrected chi connectivity index (χ4v) is 3.13. The standard InChI is InChI=1S/C17H29N5O/c1-13-12-14(2)19-17(18-13)21-8-6-16(7-9-21)22(15(3)23)11-10-20(4)5/h12,16H,6-11H2,1-5H3. The SMILES string of the molecule is CC(=O)N(CCN(C)C)C1CCN(c2nc(C)cc(C)n2)CC1. The van der Waals surface area contributed by atoms with Gasteiger partial charge in [-0.25, -0.2) is 9.97 Å². The van der Waals surface area contributed by atoms with Crippen LogP contribution in [0, 0.1) is 13.8 Å². The Bertz CT molecular complexity index is 518. The van der Waals surface area contributed by atoms with Gasteiger partial charge in [-0.05, 0) is 46.9 Å². The summed E-state index contributed by atoms with van der Waals surface area (Å²) in [4.78, 5) is 27.4. The van der Waals surface area contributed by atoms with Crippen LogP contribution in [0.15, 0.2) is 6.07 Å². The molecule has 0 unspecified atom stereocenters. The second-order valence-electron chi connectivity index (χ2n) is 6.68. The zero-order valence-corrected chi connectivity index (χ0v) is 15.0. The highest BCUT2D eigenvalue weighted by Crippen LogP contribution is 2.20. The van der Waals surface area contributed by atoms with Gasteiger partial charge in [-0.15, -0.1) is 0 Å². The van der Waals surface area contributed by atoms with Crippen molar-refractivity contribution >= 4 is 11.9 Å². The van der Waals surface area contributed by atoms with Gasteiger partial charge >= 0.3 is 0 Å².